The second-order valence-electron chi connectivity index (χ2n) is 10.1. The Morgan fingerprint density at radius 1 is 0.541 bits per heavy atom. The number of hydrogen-bond acceptors (Lipinski definition) is 6. The Balaban J connectivity index is 3.59. The minimum Gasteiger partial charge on any atom is -0.464 e. The highest BCUT2D eigenvalue weighted by molar-refractivity contribution is 5.74. The van der Waals surface area contributed by atoms with Gasteiger partial charge in [-0.05, 0) is 19.8 Å². The molecule has 1 atom stereocenters. The van der Waals surface area contributed by atoms with E-state index in [1.54, 1.807) is 23.6 Å². The van der Waals surface area contributed by atoms with Crippen LogP contribution < -0.4 is 0 Å². The van der Waals surface area contributed by atoms with Crippen LogP contribution in [0.15, 0.2) is 0 Å². The quantitative estimate of drug-likeness (QED) is 0.126. The number of hydrogen-bond donors (Lipinski definition) is 0. The van der Waals surface area contributed by atoms with Crippen LogP contribution in [0, 0.1) is 0 Å². The topological polar surface area (TPSA) is 93.2 Å². The lowest BCUT2D eigenvalue weighted by Crippen LogP contribution is -2.39. The van der Waals surface area contributed by atoms with E-state index in [0.717, 1.165) is 32.2 Å². The molecule has 0 heterocycles. The zero-order valence-corrected chi connectivity index (χ0v) is 24.4. The lowest BCUT2D eigenvalue weighted by atomic mass is 10.0. The number of carbonyl (C=O) groups excluding carboxylic acids is 4. The fourth-order valence-corrected chi connectivity index (χ4v) is 4.54. The Bertz CT molecular complexity index is 640. The second kappa shape index (κ2) is 23.0. The van der Waals surface area contributed by atoms with Crippen molar-refractivity contribution >= 4 is 23.8 Å². The van der Waals surface area contributed by atoms with Gasteiger partial charge < -0.3 is 19.3 Å². The van der Waals surface area contributed by atoms with Gasteiger partial charge >= 0.3 is 11.9 Å². The summed E-state index contributed by atoms with van der Waals surface area (Å²) in [6.45, 7) is 10.2. The molecule has 0 radical (unpaired) electrons. The maximum absolute atomic E-state index is 11.9. The molecule has 8 heteroatoms. The summed E-state index contributed by atoms with van der Waals surface area (Å²) in [6, 6.07) is 0.175. The first-order valence-electron chi connectivity index (χ1n) is 14.4. The summed E-state index contributed by atoms with van der Waals surface area (Å²) in [5.74, 6) is -0.545. The van der Waals surface area contributed by atoms with Crippen LogP contribution >= 0.6 is 0 Å². The first-order chi connectivity index (χ1) is 17.6. The van der Waals surface area contributed by atoms with E-state index in [9.17, 15) is 19.2 Å². The van der Waals surface area contributed by atoms with Gasteiger partial charge in [0.05, 0.1) is 13.1 Å². The normalized spacial score (nSPS) is 11.6. The van der Waals surface area contributed by atoms with Crippen molar-refractivity contribution in [3.63, 3.8) is 0 Å². The van der Waals surface area contributed by atoms with E-state index >= 15 is 0 Å². The highest BCUT2D eigenvalue weighted by atomic mass is 16.5. The van der Waals surface area contributed by atoms with Crippen molar-refractivity contribution in [1.29, 1.82) is 0 Å². The molecule has 0 aliphatic carbocycles. The third-order valence-corrected chi connectivity index (χ3v) is 6.74. The van der Waals surface area contributed by atoms with E-state index in [4.69, 9.17) is 9.47 Å². The van der Waals surface area contributed by atoms with Crippen LogP contribution in [-0.4, -0.2) is 72.4 Å². The minimum absolute atomic E-state index is 0.0345. The standard InChI is InChI=1S/C29H54N2O6/c1-25(31(27(3)33)22-24-37-29(5)35)19-17-15-13-11-9-7-6-8-10-12-14-16-18-20-30(26(2)32)21-23-36-28(4)34/h25H,6-24H2,1-5H3. The molecule has 0 spiro atoms. The molecule has 8 nitrogen and oxygen atoms in total. The predicted molar refractivity (Wildman–Crippen MR) is 147 cm³/mol. The summed E-state index contributed by atoms with van der Waals surface area (Å²) in [5.41, 5.74) is 0. The molecule has 1 unspecified atom stereocenters. The Labute approximate surface area is 225 Å². The fraction of sp³-hybridized carbons (Fsp3) is 0.862. The Morgan fingerprint density at radius 2 is 0.946 bits per heavy atom. The van der Waals surface area contributed by atoms with Gasteiger partial charge in [0, 0.05) is 40.3 Å². The maximum Gasteiger partial charge on any atom is 0.302 e. The van der Waals surface area contributed by atoms with Gasteiger partial charge in [-0.1, -0.05) is 77.0 Å². The van der Waals surface area contributed by atoms with E-state index in [1.807, 2.05) is 0 Å². The monoisotopic (exact) mass is 526 g/mol. The van der Waals surface area contributed by atoms with E-state index in [1.165, 1.54) is 78.1 Å². The van der Waals surface area contributed by atoms with Gasteiger partial charge in [-0.15, -0.1) is 0 Å². The maximum atomic E-state index is 11.9. The molecular formula is C29H54N2O6. The van der Waals surface area contributed by atoms with Gasteiger partial charge in [-0.25, -0.2) is 0 Å². The summed E-state index contributed by atoms with van der Waals surface area (Å²) >= 11 is 0. The predicted octanol–water partition coefficient (Wildman–Crippen LogP) is 5.66. The molecule has 0 saturated heterocycles. The number of unbranched alkanes of at least 4 members (excludes halogenated alkanes) is 12. The summed E-state index contributed by atoms with van der Waals surface area (Å²) < 4.78 is 9.90. The number of ether oxygens (including phenoxy) is 2. The number of amides is 2. The van der Waals surface area contributed by atoms with E-state index < -0.39 is 0 Å². The average Bonchev–Trinajstić information content (AvgIpc) is 2.82. The van der Waals surface area contributed by atoms with Crippen LogP contribution in [0.3, 0.4) is 0 Å². The van der Waals surface area contributed by atoms with Crippen molar-refractivity contribution in [2.45, 2.75) is 131 Å². The molecule has 0 N–H and O–H groups in total. The summed E-state index contributed by atoms with van der Waals surface area (Å²) in [6.07, 6.45) is 16.9. The van der Waals surface area contributed by atoms with Crippen LogP contribution in [0.1, 0.15) is 125 Å². The largest absolute Gasteiger partial charge is 0.464 e. The first-order valence-corrected chi connectivity index (χ1v) is 14.4. The Kier molecular flexibility index (Phi) is 21.7. The number of esters is 2. The van der Waals surface area contributed by atoms with Gasteiger partial charge in [0.2, 0.25) is 11.8 Å². The molecule has 0 aliphatic rings. The molecule has 2 amide bonds. The molecule has 0 aromatic heterocycles. The van der Waals surface area contributed by atoms with Crippen molar-refractivity contribution in [2.75, 3.05) is 32.8 Å². The van der Waals surface area contributed by atoms with Gasteiger partial charge in [0.1, 0.15) is 13.2 Å². The molecule has 0 rings (SSSR count). The SMILES string of the molecule is CC(=O)OCCN(CCCCCCCCCCCCCCCC(C)N(CCOC(C)=O)C(C)=O)C(C)=O. The fourth-order valence-electron chi connectivity index (χ4n) is 4.54. The summed E-state index contributed by atoms with van der Waals surface area (Å²) in [7, 11) is 0. The number of rotatable bonds is 23. The van der Waals surface area contributed by atoms with Crippen molar-refractivity contribution in [3.05, 3.63) is 0 Å². The van der Waals surface area contributed by atoms with Gasteiger partial charge in [-0.3, -0.25) is 19.2 Å². The van der Waals surface area contributed by atoms with Crippen LogP contribution in [-0.2, 0) is 28.7 Å². The molecule has 0 aliphatic heterocycles. The summed E-state index contributed by atoms with van der Waals surface area (Å²) in [5, 5.41) is 0. The number of carbonyl (C=O) groups is 4. The smallest absolute Gasteiger partial charge is 0.302 e. The van der Waals surface area contributed by atoms with Crippen LogP contribution in [0.2, 0.25) is 0 Å². The van der Waals surface area contributed by atoms with Crippen LogP contribution in [0.4, 0.5) is 0 Å². The molecular weight excluding hydrogens is 472 g/mol. The highest BCUT2D eigenvalue weighted by Gasteiger charge is 2.16. The van der Waals surface area contributed by atoms with Crippen molar-refractivity contribution in [2.24, 2.45) is 0 Å². The average molecular weight is 527 g/mol. The zero-order chi connectivity index (χ0) is 27.9. The first kappa shape index (κ1) is 34.9. The molecule has 37 heavy (non-hydrogen) atoms. The van der Waals surface area contributed by atoms with Crippen molar-refractivity contribution in [1.82, 2.24) is 9.80 Å². The van der Waals surface area contributed by atoms with Crippen LogP contribution in [0.25, 0.3) is 0 Å². The molecule has 0 saturated carbocycles. The lowest BCUT2D eigenvalue weighted by Gasteiger charge is -2.28. The molecule has 0 fully saturated rings. The van der Waals surface area contributed by atoms with E-state index in [-0.39, 0.29) is 43.0 Å². The number of nitrogens with zero attached hydrogens (tertiary/aromatic N) is 2. The zero-order valence-electron chi connectivity index (χ0n) is 24.4. The van der Waals surface area contributed by atoms with Crippen molar-refractivity contribution in [3.8, 4) is 0 Å². The molecule has 216 valence electrons. The third kappa shape index (κ3) is 21.7. The second-order valence-corrected chi connectivity index (χ2v) is 10.1. The Morgan fingerprint density at radius 3 is 1.35 bits per heavy atom. The molecule has 0 bridgehead atoms. The highest BCUT2D eigenvalue weighted by Crippen LogP contribution is 2.15. The van der Waals surface area contributed by atoms with Gasteiger partial charge in [0.25, 0.3) is 0 Å². The molecule has 0 aromatic carbocycles. The third-order valence-electron chi connectivity index (χ3n) is 6.74. The molecule has 0 aromatic rings. The Hall–Kier alpha value is -2.12. The minimum atomic E-state index is -0.309. The lowest BCUT2D eigenvalue weighted by molar-refractivity contribution is -0.144. The van der Waals surface area contributed by atoms with Gasteiger partial charge in [0.15, 0.2) is 0 Å². The van der Waals surface area contributed by atoms with Crippen LogP contribution in [0.5, 0.6) is 0 Å². The van der Waals surface area contributed by atoms with Crippen molar-refractivity contribution < 1.29 is 28.7 Å². The van der Waals surface area contributed by atoms with Gasteiger partial charge in [-0.2, -0.15) is 0 Å². The van der Waals surface area contributed by atoms with E-state index in [2.05, 4.69) is 6.92 Å². The summed E-state index contributed by atoms with van der Waals surface area (Å²) in [4.78, 5) is 48.9. The van der Waals surface area contributed by atoms with E-state index in [0.29, 0.717) is 13.1 Å².